The minimum Gasteiger partial charge on any atom is -0.137 e. The molecule has 19 heavy (non-hydrogen) atoms. The average Bonchev–Trinajstić information content (AvgIpc) is 2.38. The van der Waals surface area contributed by atoms with Crippen LogP contribution in [0.1, 0.15) is 27.7 Å². The quantitative estimate of drug-likeness (QED) is 0.634. The molecule has 0 spiro atoms. The molecule has 0 aromatic rings. The van der Waals surface area contributed by atoms with Crippen LogP contribution in [0.2, 0.25) is 0 Å². The first-order valence-electron chi connectivity index (χ1n) is 7.37. The Balaban J connectivity index is 2.40. The van der Waals surface area contributed by atoms with Gasteiger partial charge in [0.2, 0.25) is 0 Å². The molecule has 0 saturated carbocycles. The highest BCUT2D eigenvalue weighted by Crippen LogP contribution is 2.53. The van der Waals surface area contributed by atoms with Gasteiger partial charge >= 0.3 is 0 Å². The van der Waals surface area contributed by atoms with Crippen molar-refractivity contribution in [2.24, 2.45) is 28.6 Å². The summed E-state index contributed by atoms with van der Waals surface area (Å²) in [4.78, 5) is 0. The Bertz CT molecular complexity index is 403. The van der Waals surface area contributed by atoms with Crippen LogP contribution in [0.15, 0.2) is 48.6 Å². The molecule has 0 saturated heterocycles. The summed E-state index contributed by atoms with van der Waals surface area (Å²) < 4.78 is 0. The van der Waals surface area contributed by atoms with Gasteiger partial charge in [0.05, 0.1) is 0 Å². The first-order valence-corrected chi connectivity index (χ1v) is 8.19. The predicted molar refractivity (Wildman–Crippen MR) is 89.2 cm³/mol. The van der Waals surface area contributed by atoms with Gasteiger partial charge in [-0.05, 0) is 34.7 Å². The molecular weight excluding hydrogens is 247 g/mol. The third kappa shape index (κ3) is 2.40. The molecule has 5 unspecified atom stereocenters. The van der Waals surface area contributed by atoms with Crippen LogP contribution in [-0.2, 0) is 0 Å². The Morgan fingerprint density at radius 2 is 1.32 bits per heavy atom. The van der Waals surface area contributed by atoms with Crippen LogP contribution in [0.25, 0.3) is 0 Å². The Kier molecular flexibility index (Phi) is 4.21. The lowest BCUT2D eigenvalue weighted by atomic mass is 9.54. The van der Waals surface area contributed by atoms with Gasteiger partial charge in [-0.2, -0.15) is 0 Å². The zero-order chi connectivity index (χ0) is 14.1. The fraction of sp³-hybridized carbons (Fsp3) is 0.556. The maximum absolute atomic E-state index is 2.99. The van der Waals surface area contributed by atoms with E-state index < -0.39 is 0 Å². The van der Waals surface area contributed by atoms with E-state index in [1.165, 1.54) is 0 Å². The standard InChI is InChI=1S/C18H27P/c1-14-9-5-7-11-17(14,3)16(13-19)18(4)12-8-6-10-15(18)2/h5-12,14-16H,13,19H2,1-4H3. The molecule has 0 aromatic carbocycles. The van der Waals surface area contributed by atoms with Gasteiger partial charge in [-0.1, -0.05) is 76.3 Å². The minimum absolute atomic E-state index is 0.231. The van der Waals surface area contributed by atoms with Crippen molar-refractivity contribution in [3.8, 4) is 0 Å². The van der Waals surface area contributed by atoms with Gasteiger partial charge in [0.15, 0.2) is 0 Å². The van der Waals surface area contributed by atoms with Crippen molar-refractivity contribution < 1.29 is 0 Å². The van der Waals surface area contributed by atoms with Gasteiger partial charge in [-0.15, -0.1) is 9.24 Å². The van der Waals surface area contributed by atoms with Crippen molar-refractivity contribution in [1.29, 1.82) is 0 Å². The second kappa shape index (κ2) is 5.41. The molecule has 0 bridgehead atoms. The number of hydrogen-bond donors (Lipinski definition) is 0. The first kappa shape index (κ1) is 14.8. The molecule has 0 nitrogen and oxygen atoms in total. The molecule has 0 amide bonds. The summed E-state index contributed by atoms with van der Waals surface area (Å²) in [6.45, 7) is 9.56. The predicted octanol–water partition coefficient (Wildman–Crippen LogP) is 5.01. The van der Waals surface area contributed by atoms with Crippen LogP contribution >= 0.6 is 9.24 Å². The summed E-state index contributed by atoms with van der Waals surface area (Å²) in [6.07, 6.45) is 19.5. The monoisotopic (exact) mass is 274 g/mol. The zero-order valence-corrected chi connectivity index (χ0v) is 13.8. The zero-order valence-electron chi connectivity index (χ0n) is 12.6. The average molecular weight is 274 g/mol. The van der Waals surface area contributed by atoms with Crippen molar-refractivity contribution in [1.82, 2.24) is 0 Å². The van der Waals surface area contributed by atoms with E-state index in [-0.39, 0.29) is 10.8 Å². The van der Waals surface area contributed by atoms with Gasteiger partial charge in [0.1, 0.15) is 0 Å². The van der Waals surface area contributed by atoms with Crippen LogP contribution in [0.5, 0.6) is 0 Å². The molecular formula is C18H27P. The second-order valence-corrected chi connectivity index (χ2v) is 7.06. The van der Waals surface area contributed by atoms with E-state index >= 15 is 0 Å². The summed E-state index contributed by atoms with van der Waals surface area (Å²) in [7, 11) is 2.99. The van der Waals surface area contributed by atoms with Crippen molar-refractivity contribution in [3.63, 3.8) is 0 Å². The third-order valence-electron chi connectivity index (χ3n) is 5.63. The third-order valence-corrected chi connectivity index (χ3v) is 6.10. The van der Waals surface area contributed by atoms with Gasteiger partial charge in [0, 0.05) is 0 Å². The molecule has 2 aliphatic carbocycles. The maximum atomic E-state index is 2.99. The van der Waals surface area contributed by atoms with E-state index in [0.717, 1.165) is 6.16 Å². The molecule has 0 aromatic heterocycles. The van der Waals surface area contributed by atoms with E-state index in [1.807, 2.05) is 0 Å². The summed E-state index contributed by atoms with van der Waals surface area (Å²) >= 11 is 0. The Morgan fingerprint density at radius 3 is 1.63 bits per heavy atom. The molecule has 0 fully saturated rings. The van der Waals surface area contributed by atoms with E-state index in [4.69, 9.17) is 0 Å². The summed E-state index contributed by atoms with van der Waals surface area (Å²) in [5.41, 5.74) is 0.462. The fourth-order valence-corrected chi connectivity index (χ4v) is 4.77. The molecule has 5 atom stereocenters. The Labute approximate surface area is 121 Å². The highest BCUT2D eigenvalue weighted by Gasteiger charge is 2.47. The van der Waals surface area contributed by atoms with Crippen LogP contribution in [0.3, 0.4) is 0 Å². The Hall–Kier alpha value is -0.610. The minimum atomic E-state index is 0.231. The number of rotatable bonds is 3. The maximum Gasteiger partial charge on any atom is -0.00434 e. The molecule has 0 aliphatic heterocycles. The largest absolute Gasteiger partial charge is 0.137 e. The van der Waals surface area contributed by atoms with Crippen LogP contribution < -0.4 is 0 Å². The van der Waals surface area contributed by atoms with Gasteiger partial charge in [-0.25, -0.2) is 0 Å². The molecule has 104 valence electrons. The van der Waals surface area contributed by atoms with E-state index in [9.17, 15) is 0 Å². The molecule has 0 N–H and O–H groups in total. The van der Waals surface area contributed by atoms with Crippen molar-refractivity contribution in [3.05, 3.63) is 48.6 Å². The summed E-state index contributed by atoms with van der Waals surface area (Å²) in [5, 5.41) is 0. The lowest BCUT2D eigenvalue weighted by Crippen LogP contribution is -2.45. The lowest BCUT2D eigenvalue weighted by Gasteiger charge is -2.51. The number of hydrogen-bond acceptors (Lipinski definition) is 0. The first-order chi connectivity index (χ1) is 8.95. The van der Waals surface area contributed by atoms with Crippen LogP contribution in [-0.4, -0.2) is 6.16 Å². The lowest BCUT2D eigenvalue weighted by molar-refractivity contribution is 0.0798. The van der Waals surface area contributed by atoms with E-state index in [1.54, 1.807) is 0 Å². The van der Waals surface area contributed by atoms with E-state index in [0.29, 0.717) is 17.8 Å². The topological polar surface area (TPSA) is 0 Å². The van der Waals surface area contributed by atoms with Gasteiger partial charge in [0.25, 0.3) is 0 Å². The van der Waals surface area contributed by atoms with Crippen molar-refractivity contribution in [2.45, 2.75) is 27.7 Å². The summed E-state index contributed by atoms with van der Waals surface area (Å²) in [5.74, 6) is 1.80. The SMILES string of the molecule is CC1C=CC=CC1(C)C(CP)C1(C)C=CC=CC1C. The van der Waals surface area contributed by atoms with Crippen molar-refractivity contribution >= 4 is 9.24 Å². The normalized spacial score (nSPS) is 42.6. The van der Waals surface area contributed by atoms with Gasteiger partial charge < -0.3 is 0 Å². The molecule has 2 rings (SSSR count). The van der Waals surface area contributed by atoms with E-state index in [2.05, 4.69) is 85.5 Å². The molecule has 0 heterocycles. The molecule has 0 radical (unpaired) electrons. The molecule has 2 aliphatic rings. The van der Waals surface area contributed by atoms with Crippen LogP contribution in [0.4, 0.5) is 0 Å². The highest BCUT2D eigenvalue weighted by molar-refractivity contribution is 7.16. The highest BCUT2D eigenvalue weighted by atomic mass is 31.0. The second-order valence-electron chi connectivity index (χ2n) is 6.59. The van der Waals surface area contributed by atoms with Crippen LogP contribution in [0, 0.1) is 28.6 Å². The van der Waals surface area contributed by atoms with Gasteiger partial charge in [-0.3, -0.25) is 0 Å². The summed E-state index contributed by atoms with van der Waals surface area (Å²) in [6, 6.07) is 0. The fourth-order valence-electron chi connectivity index (χ4n) is 3.75. The smallest absolute Gasteiger partial charge is 0.00434 e. The Morgan fingerprint density at radius 1 is 0.895 bits per heavy atom. The number of allylic oxidation sites excluding steroid dienone is 8. The molecule has 1 heteroatoms. The van der Waals surface area contributed by atoms with Crippen molar-refractivity contribution in [2.75, 3.05) is 6.16 Å².